The lowest BCUT2D eigenvalue weighted by atomic mass is 10.1. The van der Waals surface area contributed by atoms with E-state index < -0.39 is 17.1 Å². The SMILES string of the molecule is CCOc1cc(-c2cncc3cc(C=C4SC(=O)NC4=O)oc23)cc(F)n1. The van der Waals surface area contributed by atoms with Crippen molar-refractivity contribution < 1.29 is 23.1 Å². The normalized spacial score (nSPS) is 15.6. The summed E-state index contributed by atoms with van der Waals surface area (Å²) in [5.74, 6) is -0.608. The van der Waals surface area contributed by atoms with Gasteiger partial charge in [0, 0.05) is 41.6 Å². The first-order valence-corrected chi connectivity index (χ1v) is 8.78. The number of halogens is 1. The van der Waals surface area contributed by atoms with Crippen molar-refractivity contribution >= 4 is 40.0 Å². The number of rotatable bonds is 4. The first kappa shape index (κ1) is 17.2. The van der Waals surface area contributed by atoms with Crippen molar-refractivity contribution in [1.29, 1.82) is 0 Å². The summed E-state index contributed by atoms with van der Waals surface area (Å²) in [4.78, 5) is 31.1. The van der Waals surface area contributed by atoms with E-state index in [0.717, 1.165) is 11.8 Å². The van der Waals surface area contributed by atoms with Crippen LogP contribution in [0.25, 0.3) is 28.2 Å². The van der Waals surface area contributed by atoms with Crippen molar-refractivity contribution in [3.05, 3.63) is 47.2 Å². The molecule has 1 N–H and O–H groups in total. The molecule has 27 heavy (non-hydrogen) atoms. The fourth-order valence-electron chi connectivity index (χ4n) is 2.66. The molecule has 0 radical (unpaired) electrons. The van der Waals surface area contributed by atoms with E-state index in [1.807, 2.05) is 0 Å². The number of nitrogens with one attached hydrogen (secondary N) is 1. The molecule has 7 nitrogen and oxygen atoms in total. The molecular formula is C18H12FN3O4S. The van der Waals surface area contributed by atoms with Crippen LogP contribution in [0.15, 0.2) is 39.9 Å². The van der Waals surface area contributed by atoms with Crippen molar-refractivity contribution in [1.82, 2.24) is 15.3 Å². The van der Waals surface area contributed by atoms with E-state index in [0.29, 0.717) is 34.5 Å². The van der Waals surface area contributed by atoms with Gasteiger partial charge in [-0.25, -0.2) is 0 Å². The Morgan fingerprint density at radius 1 is 1.30 bits per heavy atom. The quantitative estimate of drug-likeness (QED) is 0.540. The fraction of sp³-hybridized carbons (Fsp3) is 0.111. The minimum atomic E-state index is -0.681. The molecule has 1 fully saturated rings. The van der Waals surface area contributed by atoms with Crippen LogP contribution in [0.4, 0.5) is 9.18 Å². The lowest BCUT2D eigenvalue weighted by Crippen LogP contribution is -2.17. The number of pyridine rings is 2. The maximum absolute atomic E-state index is 13.9. The number of ether oxygens (including phenoxy) is 1. The molecule has 0 atom stereocenters. The molecule has 0 spiro atoms. The van der Waals surface area contributed by atoms with Crippen LogP contribution in [-0.4, -0.2) is 27.7 Å². The van der Waals surface area contributed by atoms with Crippen LogP contribution in [0.5, 0.6) is 5.88 Å². The molecule has 4 heterocycles. The van der Waals surface area contributed by atoms with E-state index in [9.17, 15) is 14.0 Å². The smallest absolute Gasteiger partial charge is 0.290 e. The lowest BCUT2D eigenvalue weighted by molar-refractivity contribution is -0.115. The predicted molar refractivity (Wildman–Crippen MR) is 97.5 cm³/mol. The molecule has 1 aliphatic rings. The Balaban J connectivity index is 1.80. The highest BCUT2D eigenvalue weighted by Crippen LogP contribution is 2.33. The van der Waals surface area contributed by atoms with Crippen molar-refractivity contribution in [2.45, 2.75) is 6.92 Å². The number of furan rings is 1. The number of thioether (sulfide) groups is 1. The zero-order valence-electron chi connectivity index (χ0n) is 14.0. The van der Waals surface area contributed by atoms with Gasteiger partial charge in [-0.2, -0.15) is 9.37 Å². The van der Waals surface area contributed by atoms with Crippen LogP contribution in [0.1, 0.15) is 12.7 Å². The Morgan fingerprint density at radius 2 is 2.15 bits per heavy atom. The summed E-state index contributed by atoms with van der Waals surface area (Å²) in [7, 11) is 0. The summed E-state index contributed by atoms with van der Waals surface area (Å²) < 4.78 is 25.0. The Morgan fingerprint density at radius 3 is 2.89 bits per heavy atom. The monoisotopic (exact) mass is 385 g/mol. The fourth-order valence-corrected chi connectivity index (χ4v) is 3.32. The number of nitrogens with zero attached hydrogens (tertiary/aromatic N) is 2. The number of hydrogen-bond acceptors (Lipinski definition) is 7. The number of fused-ring (bicyclic) bond motifs is 1. The maximum Gasteiger partial charge on any atom is 0.290 e. The van der Waals surface area contributed by atoms with E-state index in [2.05, 4.69) is 15.3 Å². The Bertz CT molecular complexity index is 1110. The first-order valence-electron chi connectivity index (χ1n) is 7.96. The molecule has 4 rings (SSSR count). The predicted octanol–water partition coefficient (Wildman–Crippen LogP) is 3.75. The molecule has 0 aromatic carbocycles. The van der Waals surface area contributed by atoms with Gasteiger partial charge in [0.15, 0.2) is 0 Å². The molecule has 3 aromatic heterocycles. The molecule has 0 aliphatic carbocycles. The second-order valence-electron chi connectivity index (χ2n) is 5.56. The van der Waals surface area contributed by atoms with Crippen LogP contribution in [0.2, 0.25) is 0 Å². The summed E-state index contributed by atoms with van der Waals surface area (Å²) in [6.45, 7) is 2.14. The summed E-state index contributed by atoms with van der Waals surface area (Å²) in [5.41, 5.74) is 1.53. The zero-order valence-corrected chi connectivity index (χ0v) is 14.8. The second kappa shape index (κ2) is 6.84. The van der Waals surface area contributed by atoms with E-state index in [1.165, 1.54) is 12.1 Å². The van der Waals surface area contributed by atoms with Crippen molar-refractivity contribution in [2.75, 3.05) is 6.61 Å². The average molecular weight is 385 g/mol. The summed E-state index contributed by atoms with van der Waals surface area (Å²) in [6, 6.07) is 4.55. The van der Waals surface area contributed by atoms with E-state index in [4.69, 9.17) is 9.15 Å². The van der Waals surface area contributed by atoms with E-state index in [1.54, 1.807) is 31.5 Å². The molecule has 2 amide bonds. The minimum Gasteiger partial charge on any atom is -0.478 e. The largest absolute Gasteiger partial charge is 0.478 e. The Labute approximate surface area is 156 Å². The number of imide groups is 1. The van der Waals surface area contributed by atoms with E-state index >= 15 is 0 Å². The molecule has 1 aliphatic heterocycles. The maximum atomic E-state index is 13.9. The third-order valence-electron chi connectivity index (χ3n) is 3.73. The van der Waals surface area contributed by atoms with Gasteiger partial charge in [-0.1, -0.05) is 0 Å². The third-order valence-corrected chi connectivity index (χ3v) is 4.54. The third kappa shape index (κ3) is 3.41. The number of amides is 2. The standard InChI is InChI=1S/C18H12FN3O4S/c1-2-25-15-5-9(4-14(19)21-15)12-8-20-7-10-3-11(26-16(10)12)6-13-17(23)22-18(24)27-13/h3-8H,2H2,1H3,(H,22,23,24). The van der Waals surface area contributed by atoms with Gasteiger partial charge in [0.2, 0.25) is 11.8 Å². The second-order valence-corrected chi connectivity index (χ2v) is 6.57. The van der Waals surface area contributed by atoms with Crippen molar-refractivity contribution in [3.63, 3.8) is 0 Å². The van der Waals surface area contributed by atoms with Gasteiger partial charge in [-0.15, -0.1) is 0 Å². The van der Waals surface area contributed by atoms with Gasteiger partial charge in [0.25, 0.3) is 11.1 Å². The van der Waals surface area contributed by atoms with Crippen molar-refractivity contribution in [3.8, 4) is 17.0 Å². The van der Waals surface area contributed by atoms with Gasteiger partial charge >= 0.3 is 0 Å². The molecule has 0 bridgehead atoms. The highest BCUT2D eigenvalue weighted by molar-refractivity contribution is 8.18. The molecule has 9 heteroatoms. The zero-order chi connectivity index (χ0) is 19.0. The van der Waals surface area contributed by atoms with Crippen molar-refractivity contribution in [2.24, 2.45) is 0 Å². The van der Waals surface area contributed by atoms with Gasteiger partial charge in [0.1, 0.15) is 11.3 Å². The summed E-state index contributed by atoms with van der Waals surface area (Å²) in [6.07, 6.45) is 4.62. The molecular weight excluding hydrogens is 373 g/mol. The van der Waals surface area contributed by atoms with E-state index in [-0.39, 0.29) is 10.8 Å². The highest BCUT2D eigenvalue weighted by atomic mass is 32.2. The lowest BCUT2D eigenvalue weighted by Gasteiger charge is -2.06. The topological polar surface area (TPSA) is 94.3 Å². The molecule has 3 aromatic rings. The Hall–Kier alpha value is -3.20. The summed E-state index contributed by atoms with van der Waals surface area (Å²) >= 11 is 0.800. The van der Waals surface area contributed by atoms with Crippen LogP contribution < -0.4 is 10.1 Å². The molecule has 1 saturated heterocycles. The number of carbonyl (C=O) groups excluding carboxylic acids is 2. The number of aromatic nitrogens is 2. The average Bonchev–Trinajstić information content (AvgIpc) is 3.16. The number of hydrogen-bond donors (Lipinski definition) is 1. The summed E-state index contributed by atoms with van der Waals surface area (Å²) in [5, 5.41) is 2.42. The van der Waals surface area contributed by atoms with Gasteiger partial charge < -0.3 is 9.15 Å². The van der Waals surface area contributed by atoms with Gasteiger partial charge in [-0.3, -0.25) is 19.9 Å². The van der Waals surface area contributed by atoms with Gasteiger partial charge in [0.05, 0.1) is 11.5 Å². The van der Waals surface area contributed by atoms with Crippen LogP contribution in [0.3, 0.4) is 0 Å². The van der Waals surface area contributed by atoms with Crippen LogP contribution in [0, 0.1) is 5.95 Å². The van der Waals surface area contributed by atoms with Crippen LogP contribution in [-0.2, 0) is 4.79 Å². The molecule has 0 unspecified atom stereocenters. The highest BCUT2D eigenvalue weighted by Gasteiger charge is 2.25. The minimum absolute atomic E-state index is 0.163. The number of carbonyl (C=O) groups is 2. The van der Waals surface area contributed by atoms with Gasteiger partial charge in [-0.05, 0) is 30.3 Å². The molecule has 0 saturated carbocycles. The Kier molecular flexibility index (Phi) is 4.36. The van der Waals surface area contributed by atoms with Crippen LogP contribution >= 0.6 is 11.8 Å². The molecule has 136 valence electrons. The first-order chi connectivity index (χ1) is 13.0.